The van der Waals surface area contributed by atoms with E-state index in [-0.39, 0.29) is 12.0 Å². The van der Waals surface area contributed by atoms with E-state index in [1.165, 1.54) is 7.11 Å². The van der Waals surface area contributed by atoms with E-state index in [0.717, 1.165) is 5.56 Å². The number of ether oxygens (including phenoxy) is 1. The lowest BCUT2D eigenvalue weighted by Gasteiger charge is -2.18. The molecule has 1 aromatic heterocycles. The normalized spacial score (nSPS) is 13.6. The van der Waals surface area contributed by atoms with Gasteiger partial charge in [0.15, 0.2) is 6.10 Å². The van der Waals surface area contributed by atoms with E-state index in [2.05, 4.69) is 9.84 Å². The molecule has 0 aliphatic heterocycles. The zero-order chi connectivity index (χ0) is 12.3. The molecule has 0 aliphatic rings. The second kappa shape index (κ2) is 4.65. The van der Waals surface area contributed by atoms with Gasteiger partial charge in [-0.05, 0) is 26.3 Å². The molecule has 0 spiro atoms. The summed E-state index contributed by atoms with van der Waals surface area (Å²) in [7, 11) is 1.25. The predicted octanol–water partition coefficient (Wildman–Crippen LogP) is 0.714. The molecule has 1 atom stereocenters. The molecule has 0 fully saturated rings. The third-order valence-corrected chi connectivity index (χ3v) is 2.23. The van der Waals surface area contributed by atoms with E-state index < -0.39 is 12.1 Å². The lowest BCUT2D eigenvalue weighted by Crippen LogP contribution is -2.24. The fraction of sp³-hybridized carbons (Fsp3) is 0.636. The van der Waals surface area contributed by atoms with E-state index in [4.69, 9.17) is 0 Å². The molecular weight excluding hydrogens is 208 g/mol. The van der Waals surface area contributed by atoms with Crippen LogP contribution in [-0.2, 0) is 21.5 Å². The largest absolute Gasteiger partial charge is 0.467 e. The fourth-order valence-corrected chi connectivity index (χ4v) is 1.27. The Kier molecular flexibility index (Phi) is 3.70. The minimum absolute atomic E-state index is 0.103. The quantitative estimate of drug-likeness (QED) is 0.771. The van der Waals surface area contributed by atoms with Gasteiger partial charge in [0.2, 0.25) is 0 Å². The maximum atomic E-state index is 11.0. The topological polar surface area (TPSA) is 64.3 Å². The molecule has 1 rings (SSSR count). The number of methoxy groups -OCH3 is 1. The monoisotopic (exact) mass is 226 g/mol. The van der Waals surface area contributed by atoms with Crippen LogP contribution in [0.3, 0.4) is 0 Å². The molecule has 0 saturated heterocycles. The lowest BCUT2D eigenvalue weighted by molar-refractivity contribution is -0.150. The second-order valence-electron chi connectivity index (χ2n) is 4.71. The minimum Gasteiger partial charge on any atom is -0.467 e. The van der Waals surface area contributed by atoms with Crippen LogP contribution < -0.4 is 0 Å². The summed E-state index contributed by atoms with van der Waals surface area (Å²) in [6.45, 7) is 6.08. The van der Waals surface area contributed by atoms with Crippen LogP contribution in [-0.4, -0.2) is 34.1 Å². The summed E-state index contributed by atoms with van der Waals surface area (Å²) in [4.78, 5) is 11.0. The van der Waals surface area contributed by atoms with E-state index >= 15 is 0 Å². The van der Waals surface area contributed by atoms with Gasteiger partial charge < -0.3 is 9.84 Å². The van der Waals surface area contributed by atoms with Crippen LogP contribution in [0.5, 0.6) is 0 Å². The van der Waals surface area contributed by atoms with Crippen LogP contribution in [0.1, 0.15) is 26.3 Å². The summed E-state index contributed by atoms with van der Waals surface area (Å²) in [5, 5.41) is 13.7. The number of hydrogen-bond donors (Lipinski definition) is 1. The molecule has 0 aliphatic carbocycles. The minimum atomic E-state index is -1.12. The average molecular weight is 226 g/mol. The summed E-state index contributed by atoms with van der Waals surface area (Å²) < 4.78 is 6.24. The Hall–Kier alpha value is -1.36. The van der Waals surface area contributed by atoms with Crippen molar-refractivity contribution in [2.75, 3.05) is 7.11 Å². The van der Waals surface area contributed by atoms with Crippen molar-refractivity contribution in [1.29, 1.82) is 0 Å². The van der Waals surface area contributed by atoms with Gasteiger partial charge in [0.25, 0.3) is 0 Å². The SMILES string of the molecule is COC(=O)C(O)Cc1cnn(C(C)(C)C)c1. The highest BCUT2D eigenvalue weighted by atomic mass is 16.5. The number of hydrogen-bond acceptors (Lipinski definition) is 4. The number of carbonyl (C=O) groups excluding carboxylic acids is 1. The maximum absolute atomic E-state index is 11.0. The first-order valence-electron chi connectivity index (χ1n) is 5.14. The van der Waals surface area contributed by atoms with Gasteiger partial charge in [-0.2, -0.15) is 5.10 Å². The van der Waals surface area contributed by atoms with Crippen molar-refractivity contribution < 1.29 is 14.6 Å². The first-order valence-corrected chi connectivity index (χ1v) is 5.14. The Morgan fingerprint density at radius 1 is 1.62 bits per heavy atom. The third kappa shape index (κ3) is 3.06. The molecule has 0 saturated carbocycles. The number of esters is 1. The van der Waals surface area contributed by atoms with Gasteiger partial charge in [-0.3, -0.25) is 4.68 Å². The van der Waals surface area contributed by atoms with E-state index in [9.17, 15) is 9.90 Å². The summed E-state index contributed by atoms with van der Waals surface area (Å²) >= 11 is 0. The molecule has 5 heteroatoms. The van der Waals surface area contributed by atoms with Crippen molar-refractivity contribution >= 4 is 5.97 Å². The van der Waals surface area contributed by atoms with E-state index in [0.29, 0.717) is 0 Å². The highest BCUT2D eigenvalue weighted by Crippen LogP contribution is 2.14. The summed E-state index contributed by atoms with van der Waals surface area (Å²) in [5.41, 5.74) is 0.710. The van der Waals surface area contributed by atoms with Gasteiger partial charge in [-0.1, -0.05) is 0 Å². The first-order chi connectivity index (χ1) is 7.34. The molecule has 0 amide bonds. The fourth-order valence-electron chi connectivity index (χ4n) is 1.27. The number of aliphatic hydroxyl groups excluding tert-OH is 1. The highest BCUT2D eigenvalue weighted by Gasteiger charge is 2.19. The Balaban J connectivity index is 2.69. The maximum Gasteiger partial charge on any atom is 0.335 e. The molecule has 16 heavy (non-hydrogen) atoms. The van der Waals surface area contributed by atoms with Crippen LogP contribution in [0, 0.1) is 0 Å². The van der Waals surface area contributed by atoms with Crippen LogP contribution in [0.2, 0.25) is 0 Å². The number of aromatic nitrogens is 2. The summed E-state index contributed by atoms with van der Waals surface area (Å²) in [5.74, 6) is -0.622. The number of nitrogens with zero attached hydrogens (tertiary/aromatic N) is 2. The zero-order valence-corrected chi connectivity index (χ0v) is 10.1. The molecule has 0 radical (unpaired) electrons. The number of carbonyl (C=O) groups is 1. The van der Waals surface area contributed by atoms with Crippen LogP contribution >= 0.6 is 0 Å². The lowest BCUT2D eigenvalue weighted by atomic mass is 10.1. The Morgan fingerprint density at radius 2 is 2.25 bits per heavy atom. The van der Waals surface area contributed by atoms with Gasteiger partial charge in [-0.15, -0.1) is 0 Å². The molecule has 90 valence electrons. The van der Waals surface area contributed by atoms with Gasteiger partial charge in [0.1, 0.15) is 0 Å². The Bertz CT molecular complexity index is 366. The molecule has 1 heterocycles. The van der Waals surface area contributed by atoms with E-state index in [1.54, 1.807) is 10.9 Å². The van der Waals surface area contributed by atoms with Crippen molar-refractivity contribution in [3.8, 4) is 0 Å². The standard InChI is InChI=1S/C11H18N2O3/c1-11(2,3)13-7-8(6-12-13)5-9(14)10(15)16-4/h6-7,9,14H,5H2,1-4H3. The van der Waals surface area contributed by atoms with Crippen molar-refractivity contribution in [3.05, 3.63) is 18.0 Å². The molecular formula is C11H18N2O3. The second-order valence-corrected chi connectivity index (χ2v) is 4.71. The van der Waals surface area contributed by atoms with E-state index in [1.807, 2.05) is 27.0 Å². The van der Waals surface area contributed by atoms with Gasteiger partial charge in [0, 0.05) is 12.6 Å². The number of rotatable bonds is 3. The van der Waals surface area contributed by atoms with Gasteiger partial charge >= 0.3 is 5.97 Å². The Morgan fingerprint density at radius 3 is 2.69 bits per heavy atom. The third-order valence-electron chi connectivity index (χ3n) is 2.23. The van der Waals surface area contributed by atoms with Crippen molar-refractivity contribution in [2.24, 2.45) is 0 Å². The van der Waals surface area contributed by atoms with Crippen molar-refractivity contribution in [3.63, 3.8) is 0 Å². The molecule has 0 aromatic carbocycles. The van der Waals surface area contributed by atoms with Gasteiger partial charge in [-0.25, -0.2) is 4.79 Å². The molecule has 1 N–H and O–H groups in total. The van der Waals surface area contributed by atoms with Crippen molar-refractivity contribution in [2.45, 2.75) is 38.8 Å². The zero-order valence-electron chi connectivity index (χ0n) is 10.1. The van der Waals surface area contributed by atoms with Crippen LogP contribution in [0.25, 0.3) is 0 Å². The molecule has 5 nitrogen and oxygen atoms in total. The predicted molar refractivity (Wildman–Crippen MR) is 58.9 cm³/mol. The van der Waals surface area contributed by atoms with Gasteiger partial charge in [0.05, 0.1) is 18.8 Å². The van der Waals surface area contributed by atoms with Crippen LogP contribution in [0.15, 0.2) is 12.4 Å². The smallest absolute Gasteiger partial charge is 0.335 e. The average Bonchev–Trinajstić information content (AvgIpc) is 2.64. The molecule has 1 unspecified atom stereocenters. The van der Waals surface area contributed by atoms with Crippen molar-refractivity contribution in [1.82, 2.24) is 9.78 Å². The summed E-state index contributed by atoms with van der Waals surface area (Å²) in [6, 6.07) is 0. The molecule has 1 aromatic rings. The number of aliphatic hydroxyl groups is 1. The highest BCUT2D eigenvalue weighted by molar-refractivity contribution is 5.74. The first kappa shape index (κ1) is 12.7. The molecule has 0 bridgehead atoms. The summed E-state index contributed by atoms with van der Waals surface area (Å²) in [6.07, 6.45) is 2.58. The van der Waals surface area contributed by atoms with Crippen LogP contribution in [0.4, 0.5) is 0 Å². The Labute approximate surface area is 95.0 Å².